The summed E-state index contributed by atoms with van der Waals surface area (Å²) in [6.45, 7) is 2.05. The first-order valence-electron chi connectivity index (χ1n) is 6.10. The van der Waals surface area contributed by atoms with Gasteiger partial charge in [0, 0.05) is 5.69 Å². The summed E-state index contributed by atoms with van der Waals surface area (Å²) in [4.78, 5) is 11.2. The molecule has 98 valence electrons. The van der Waals surface area contributed by atoms with Crippen molar-refractivity contribution in [2.75, 3.05) is 11.1 Å². The molecule has 19 heavy (non-hydrogen) atoms. The van der Waals surface area contributed by atoms with Crippen LogP contribution in [0.2, 0.25) is 0 Å². The van der Waals surface area contributed by atoms with Gasteiger partial charge in [0.2, 0.25) is 0 Å². The van der Waals surface area contributed by atoms with Crippen LogP contribution in [0.5, 0.6) is 0 Å². The number of nitrogens with two attached hydrogens (primary N) is 1. The van der Waals surface area contributed by atoms with Crippen LogP contribution in [0.1, 0.15) is 22.8 Å². The predicted molar refractivity (Wildman–Crippen MR) is 76.9 cm³/mol. The van der Waals surface area contributed by atoms with E-state index >= 15 is 0 Å². The maximum Gasteiger partial charge on any atom is 0.337 e. The summed E-state index contributed by atoms with van der Waals surface area (Å²) in [5.41, 5.74) is 8.90. The number of rotatable bonds is 4. The molecule has 2 rings (SSSR count). The normalized spacial score (nSPS) is 10.2. The number of para-hydroxylation sites is 2. The van der Waals surface area contributed by atoms with Crippen LogP contribution in [0.25, 0.3) is 0 Å². The summed E-state index contributed by atoms with van der Waals surface area (Å²) >= 11 is 0. The van der Waals surface area contributed by atoms with Gasteiger partial charge in [0.05, 0.1) is 16.9 Å². The second kappa shape index (κ2) is 5.44. The van der Waals surface area contributed by atoms with E-state index in [1.165, 1.54) is 6.07 Å². The number of nitrogens with one attached hydrogen (secondary N) is 1. The SMILES string of the molecule is CCc1ccccc1Nc1c(N)cccc1C(=O)O. The number of aromatic carboxylic acids is 1. The molecule has 0 fully saturated rings. The second-order valence-corrected chi connectivity index (χ2v) is 4.21. The van der Waals surface area contributed by atoms with E-state index in [0.717, 1.165) is 17.7 Å². The highest BCUT2D eigenvalue weighted by Crippen LogP contribution is 2.29. The van der Waals surface area contributed by atoms with Crippen molar-refractivity contribution >= 4 is 23.0 Å². The number of anilines is 3. The molecule has 0 bridgehead atoms. The monoisotopic (exact) mass is 256 g/mol. The van der Waals surface area contributed by atoms with Gasteiger partial charge < -0.3 is 16.2 Å². The molecule has 0 atom stereocenters. The fraction of sp³-hybridized carbons (Fsp3) is 0.133. The Kier molecular flexibility index (Phi) is 3.71. The Bertz CT molecular complexity index is 609. The Hall–Kier alpha value is -2.49. The van der Waals surface area contributed by atoms with Crippen molar-refractivity contribution in [3.63, 3.8) is 0 Å². The molecule has 0 aliphatic rings. The lowest BCUT2D eigenvalue weighted by Gasteiger charge is -2.14. The van der Waals surface area contributed by atoms with Crippen LogP contribution in [-0.4, -0.2) is 11.1 Å². The van der Waals surface area contributed by atoms with E-state index in [1.807, 2.05) is 31.2 Å². The quantitative estimate of drug-likeness (QED) is 0.734. The lowest BCUT2D eigenvalue weighted by Crippen LogP contribution is -2.06. The third-order valence-electron chi connectivity index (χ3n) is 2.99. The minimum Gasteiger partial charge on any atom is -0.478 e. The molecule has 4 heteroatoms. The van der Waals surface area contributed by atoms with E-state index < -0.39 is 5.97 Å². The van der Waals surface area contributed by atoms with E-state index in [2.05, 4.69) is 5.32 Å². The maximum absolute atomic E-state index is 11.2. The van der Waals surface area contributed by atoms with Crippen LogP contribution in [-0.2, 0) is 6.42 Å². The molecule has 0 heterocycles. The molecule has 4 N–H and O–H groups in total. The first-order valence-corrected chi connectivity index (χ1v) is 6.10. The molecule has 0 aliphatic carbocycles. The molecule has 0 spiro atoms. The van der Waals surface area contributed by atoms with Gasteiger partial charge in [-0.25, -0.2) is 4.79 Å². The van der Waals surface area contributed by atoms with Crippen LogP contribution in [0, 0.1) is 0 Å². The van der Waals surface area contributed by atoms with Crippen molar-refractivity contribution < 1.29 is 9.90 Å². The van der Waals surface area contributed by atoms with Gasteiger partial charge >= 0.3 is 5.97 Å². The van der Waals surface area contributed by atoms with E-state index in [1.54, 1.807) is 12.1 Å². The number of carboxylic acids is 1. The van der Waals surface area contributed by atoms with Gasteiger partial charge in [-0.15, -0.1) is 0 Å². The summed E-state index contributed by atoms with van der Waals surface area (Å²) in [6.07, 6.45) is 0.859. The Morgan fingerprint density at radius 1 is 1.21 bits per heavy atom. The Morgan fingerprint density at radius 2 is 1.95 bits per heavy atom. The second-order valence-electron chi connectivity index (χ2n) is 4.21. The summed E-state index contributed by atoms with van der Waals surface area (Å²) in [5, 5.41) is 12.3. The lowest BCUT2D eigenvalue weighted by molar-refractivity contribution is 0.0698. The molecule has 2 aromatic rings. The fourth-order valence-corrected chi connectivity index (χ4v) is 1.97. The van der Waals surface area contributed by atoms with E-state index in [0.29, 0.717) is 11.4 Å². The zero-order valence-corrected chi connectivity index (χ0v) is 10.7. The molecular formula is C15H16N2O2. The van der Waals surface area contributed by atoms with Gasteiger partial charge in [0.1, 0.15) is 0 Å². The lowest BCUT2D eigenvalue weighted by atomic mass is 10.1. The highest BCUT2D eigenvalue weighted by Gasteiger charge is 2.13. The largest absolute Gasteiger partial charge is 0.478 e. The predicted octanol–water partition coefficient (Wildman–Crippen LogP) is 3.27. The average molecular weight is 256 g/mol. The van der Waals surface area contributed by atoms with Crippen molar-refractivity contribution in [2.45, 2.75) is 13.3 Å². The molecule has 0 saturated carbocycles. The van der Waals surface area contributed by atoms with Gasteiger partial charge in [-0.2, -0.15) is 0 Å². The smallest absolute Gasteiger partial charge is 0.337 e. The van der Waals surface area contributed by atoms with Gasteiger partial charge in [0.25, 0.3) is 0 Å². The van der Waals surface area contributed by atoms with E-state index in [9.17, 15) is 9.90 Å². The number of carboxylic acid groups (broad SMARTS) is 1. The standard InChI is InChI=1S/C15H16N2O2/c1-2-10-6-3-4-9-13(10)17-14-11(15(18)19)7-5-8-12(14)16/h3-9,17H,2,16H2,1H3,(H,18,19). The highest BCUT2D eigenvalue weighted by atomic mass is 16.4. The molecular weight excluding hydrogens is 240 g/mol. The van der Waals surface area contributed by atoms with Crippen molar-refractivity contribution in [1.82, 2.24) is 0 Å². The van der Waals surface area contributed by atoms with Crippen LogP contribution in [0.4, 0.5) is 17.1 Å². The van der Waals surface area contributed by atoms with E-state index in [-0.39, 0.29) is 5.56 Å². The zero-order valence-electron chi connectivity index (χ0n) is 10.7. The average Bonchev–Trinajstić information content (AvgIpc) is 2.41. The number of carbonyl (C=O) groups is 1. The Morgan fingerprint density at radius 3 is 2.63 bits per heavy atom. The minimum atomic E-state index is -0.997. The topological polar surface area (TPSA) is 75.3 Å². The molecule has 0 aliphatic heterocycles. The zero-order chi connectivity index (χ0) is 13.8. The molecule has 4 nitrogen and oxygen atoms in total. The summed E-state index contributed by atoms with van der Waals surface area (Å²) in [5.74, 6) is -0.997. The van der Waals surface area contributed by atoms with Gasteiger partial charge in [-0.3, -0.25) is 0 Å². The first-order chi connectivity index (χ1) is 9.13. The number of aryl methyl sites for hydroxylation is 1. The van der Waals surface area contributed by atoms with Crippen LogP contribution in [0.15, 0.2) is 42.5 Å². The highest BCUT2D eigenvalue weighted by molar-refractivity contribution is 5.98. The van der Waals surface area contributed by atoms with Crippen molar-refractivity contribution in [2.24, 2.45) is 0 Å². The van der Waals surface area contributed by atoms with E-state index in [4.69, 9.17) is 5.73 Å². The Balaban J connectivity index is 2.46. The minimum absolute atomic E-state index is 0.172. The third kappa shape index (κ3) is 2.68. The van der Waals surface area contributed by atoms with Crippen molar-refractivity contribution in [3.05, 3.63) is 53.6 Å². The van der Waals surface area contributed by atoms with Crippen molar-refractivity contribution in [1.29, 1.82) is 0 Å². The molecule has 0 unspecified atom stereocenters. The number of hydrogen-bond acceptors (Lipinski definition) is 3. The molecule has 0 radical (unpaired) electrons. The summed E-state index contributed by atoms with van der Waals surface area (Å²) in [6, 6.07) is 12.6. The van der Waals surface area contributed by atoms with Crippen molar-refractivity contribution in [3.8, 4) is 0 Å². The number of hydrogen-bond donors (Lipinski definition) is 3. The van der Waals surface area contributed by atoms with Gasteiger partial charge in [-0.05, 0) is 30.2 Å². The summed E-state index contributed by atoms with van der Waals surface area (Å²) in [7, 11) is 0. The summed E-state index contributed by atoms with van der Waals surface area (Å²) < 4.78 is 0. The number of nitrogen functional groups attached to an aromatic ring is 1. The van der Waals surface area contributed by atoms with Crippen LogP contribution >= 0.6 is 0 Å². The number of benzene rings is 2. The Labute approximate surface area is 111 Å². The third-order valence-corrected chi connectivity index (χ3v) is 2.99. The molecule has 0 aromatic heterocycles. The maximum atomic E-state index is 11.2. The first kappa shape index (κ1) is 13.0. The fourth-order valence-electron chi connectivity index (χ4n) is 1.97. The molecule has 0 saturated heterocycles. The molecule has 0 amide bonds. The van der Waals surface area contributed by atoms with Gasteiger partial charge in [-0.1, -0.05) is 31.2 Å². The van der Waals surface area contributed by atoms with Gasteiger partial charge in [0.15, 0.2) is 0 Å². The van der Waals surface area contributed by atoms with Crippen LogP contribution < -0.4 is 11.1 Å². The van der Waals surface area contributed by atoms with Crippen LogP contribution in [0.3, 0.4) is 0 Å². The molecule has 2 aromatic carbocycles.